The number of guanidine groups is 1. The topological polar surface area (TPSA) is 67.1 Å². The van der Waals surface area contributed by atoms with E-state index in [1.165, 1.54) is 5.56 Å². The Morgan fingerprint density at radius 2 is 1.96 bits per heavy atom. The normalized spacial score (nSPS) is 11.0. The highest BCUT2D eigenvalue weighted by Gasteiger charge is 2.06. The van der Waals surface area contributed by atoms with Crippen molar-refractivity contribution in [2.45, 2.75) is 20.0 Å². The molecule has 2 rings (SSSR count). The monoisotopic (exact) mass is 460 g/mol. The summed E-state index contributed by atoms with van der Waals surface area (Å²) in [5, 5.41) is 14.9. The number of aryl methyl sites for hydroxylation is 1. The van der Waals surface area contributed by atoms with Crippen LogP contribution in [0, 0.1) is 6.92 Å². The Kier molecular flexibility index (Phi) is 9.77. The Morgan fingerprint density at radius 3 is 2.58 bits per heavy atom. The van der Waals surface area contributed by atoms with E-state index in [0.29, 0.717) is 13.1 Å². The van der Waals surface area contributed by atoms with Crippen LogP contribution in [0.5, 0.6) is 0 Å². The minimum Gasteiger partial charge on any atom is -0.356 e. The summed E-state index contributed by atoms with van der Waals surface area (Å²) < 4.78 is 1.98. The first kappa shape index (κ1) is 20.8. The Balaban J connectivity index is 0.00000288. The number of hydrogen-bond acceptors (Lipinski definition) is 4. The molecule has 2 N–H and O–H groups in total. The van der Waals surface area contributed by atoms with Crippen molar-refractivity contribution < 1.29 is 0 Å². The van der Waals surface area contributed by atoms with Crippen LogP contribution in [0.15, 0.2) is 35.3 Å². The molecule has 0 aliphatic rings. The summed E-state index contributed by atoms with van der Waals surface area (Å²) in [5.41, 5.74) is 1.19. The minimum atomic E-state index is 0. The van der Waals surface area contributed by atoms with Crippen molar-refractivity contribution in [2.24, 2.45) is 12.0 Å². The molecular weight excluding hydrogens is 435 g/mol. The number of aliphatic imine (C=N–C) groups is 1. The van der Waals surface area contributed by atoms with Gasteiger partial charge in [0.1, 0.15) is 5.82 Å². The fraction of sp³-hybridized carbons (Fsp3) is 0.438. The van der Waals surface area contributed by atoms with Crippen molar-refractivity contribution in [2.75, 3.05) is 18.6 Å². The molecule has 0 radical (unpaired) electrons. The summed E-state index contributed by atoms with van der Waals surface area (Å²) in [4.78, 5) is 4.65. The van der Waals surface area contributed by atoms with E-state index in [-0.39, 0.29) is 24.0 Å². The first-order chi connectivity index (χ1) is 11.2. The summed E-state index contributed by atoms with van der Waals surface area (Å²) >= 11 is 1.81. The van der Waals surface area contributed by atoms with Gasteiger partial charge in [0.25, 0.3) is 0 Å². The maximum atomic E-state index is 4.65. The molecule has 132 valence electrons. The van der Waals surface area contributed by atoms with Gasteiger partial charge in [0, 0.05) is 19.3 Å². The largest absolute Gasteiger partial charge is 0.356 e. The molecule has 8 heteroatoms. The van der Waals surface area contributed by atoms with E-state index < -0.39 is 0 Å². The van der Waals surface area contributed by atoms with Crippen LogP contribution in [-0.4, -0.2) is 39.3 Å². The third-order valence-corrected chi connectivity index (χ3v) is 4.07. The average molecular weight is 460 g/mol. The predicted molar refractivity (Wildman–Crippen MR) is 112 cm³/mol. The van der Waals surface area contributed by atoms with Crippen LogP contribution in [0.3, 0.4) is 0 Å². The van der Waals surface area contributed by atoms with E-state index in [2.05, 4.69) is 44.2 Å². The van der Waals surface area contributed by atoms with Gasteiger partial charge in [-0.05, 0) is 18.7 Å². The second kappa shape index (κ2) is 11.3. The van der Waals surface area contributed by atoms with Gasteiger partial charge in [0.05, 0.1) is 13.1 Å². The Hall–Kier alpha value is -1.29. The third-order valence-electron chi connectivity index (χ3n) is 3.46. The highest BCUT2D eigenvalue weighted by atomic mass is 127. The van der Waals surface area contributed by atoms with E-state index in [4.69, 9.17) is 0 Å². The lowest BCUT2D eigenvalue weighted by atomic mass is 10.2. The van der Waals surface area contributed by atoms with Crippen LogP contribution < -0.4 is 10.6 Å². The minimum absolute atomic E-state index is 0. The van der Waals surface area contributed by atoms with Gasteiger partial charge in [0.2, 0.25) is 0 Å². The molecule has 1 aromatic carbocycles. The maximum Gasteiger partial charge on any atom is 0.192 e. The van der Waals surface area contributed by atoms with E-state index >= 15 is 0 Å². The zero-order valence-electron chi connectivity index (χ0n) is 14.3. The van der Waals surface area contributed by atoms with Crippen molar-refractivity contribution in [3.8, 4) is 0 Å². The number of aromatic nitrogens is 3. The summed E-state index contributed by atoms with van der Waals surface area (Å²) in [6.07, 6.45) is 2.10. The van der Waals surface area contributed by atoms with Gasteiger partial charge in [-0.25, -0.2) is 4.99 Å². The number of halogens is 1. The second-order valence-corrected chi connectivity index (χ2v) is 6.13. The molecule has 0 aliphatic heterocycles. The molecule has 1 heterocycles. The Bertz CT molecular complexity index is 629. The van der Waals surface area contributed by atoms with Crippen LogP contribution in [0.1, 0.15) is 17.2 Å². The zero-order valence-corrected chi connectivity index (χ0v) is 17.5. The number of thioether (sulfide) groups is 1. The number of rotatable bonds is 7. The highest BCUT2D eigenvalue weighted by Crippen LogP contribution is 2.01. The molecule has 2 aromatic rings. The van der Waals surface area contributed by atoms with E-state index in [9.17, 15) is 0 Å². The zero-order chi connectivity index (χ0) is 16.5. The van der Waals surface area contributed by atoms with Gasteiger partial charge in [-0.1, -0.05) is 30.3 Å². The molecule has 0 saturated carbocycles. The van der Waals surface area contributed by atoms with Gasteiger partial charge in [0.15, 0.2) is 11.8 Å². The molecule has 0 atom stereocenters. The van der Waals surface area contributed by atoms with Crippen LogP contribution in [0.4, 0.5) is 0 Å². The molecule has 24 heavy (non-hydrogen) atoms. The number of benzene rings is 1. The van der Waals surface area contributed by atoms with Crippen molar-refractivity contribution in [1.29, 1.82) is 0 Å². The molecule has 0 amide bonds. The van der Waals surface area contributed by atoms with Crippen LogP contribution in [-0.2, 0) is 20.1 Å². The first-order valence-electron chi connectivity index (χ1n) is 7.60. The van der Waals surface area contributed by atoms with Crippen molar-refractivity contribution in [3.63, 3.8) is 0 Å². The van der Waals surface area contributed by atoms with Crippen molar-refractivity contribution in [3.05, 3.63) is 47.5 Å². The summed E-state index contributed by atoms with van der Waals surface area (Å²) in [6, 6.07) is 10.2. The predicted octanol–water partition coefficient (Wildman–Crippen LogP) is 2.34. The van der Waals surface area contributed by atoms with Crippen LogP contribution >= 0.6 is 35.7 Å². The van der Waals surface area contributed by atoms with Gasteiger partial charge >= 0.3 is 0 Å². The fourth-order valence-corrected chi connectivity index (χ4v) is 2.27. The molecule has 0 aliphatic carbocycles. The SMILES string of the molecule is CSCCNC(=NCc1ccccc1)NCc1nnc(C)n1C.I. The second-order valence-electron chi connectivity index (χ2n) is 5.15. The molecule has 0 bridgehead atoms. The third kappa shape index (κ3) is 6.68. The van der Waals surface area contributed by atoms with E-state index in [0.717, 1.165) is 29.9 Å². The lowest BCUT2D eigenvalue weighted by Gasteiger charge is -2.12. The smallest absolute Gasteiger partial charge is 0.192 e. The molecule has 0 spiro atoms. The number of nitrogens with one attached hydrogen (secondary N) is 2. The molecule has 0 unspecified atom stereocenters. The summed E-state index contributed by atoms with van der Waals surface area (Å²) in [7, 11) is 1.97. The Morgan fingerprint density at radius 1 is 1.21 bits per heavy atom. The van der Waals surface area contributed by atoms with Crippen molar-refractivity contribution >= 4 is 41.7 Å². The van der Waals surface area contributed by atoms with Crippen LogP contribution in [0.2, 0.25) is 0 Å². The fourth-order valence-electron chi connectivity index (χ4n) is 1.97. The first-order valence-corrected chi connectivity index (χ1v) is 9.00. The summed E-state index contributed by atoms with van der Waals surface area (Å²) in [5.74, 6) is 3.62. The lowest BCUT2D eigenvalue weighted by Crippen LogP contribution is -2.38. The van der Waals surface area contributed by atoms with Gasteiger partial charge in [-0.15, -0.1) is 34.2 Å². The number of nitrogens with zero attached hydrogens (tertiary/aromatic N) is 4. The quantitative estimate of drug-likeness (QED) is 0.288. The lowest BCUT2D eigenvalue weighted by molar-refractivity contribution is 0.719. The van der Waals surface area contributed by atoms with Gasteiger partial charge in [-0.2, -0.15) is 11.8 Å². The molecular formula is C16H25IN6S. The maximum absolute atomic E-state index is 4.65. The standard InChI is InChI=1S/C16H24N6S.HI/c1-13-20-21-15(22(13)2)12-19-16(17-9-10-23-3)18-11-14-7-5-4-6-8-14;/h4-8H,9-12H2,1-3H3,(H2,17,18,19);1H. The van der Waals surface area contributed by atoms with E-state index in [1.807, 2.05) is 36.7 Å². The average Bonchev–Trinajstić information content (AvgIpc) is 2.90. The molecule has 0 saturated heterocycles. The van der Waals surface area contributed by atoms with E-state index in [1.54, 1.807) is 11.8 Å². The van der Waals surface area contributed by atoms with Crippen molar-refractivity contribution in [1.82, 2.24) is 25.4 Å². The molecule has 1 aromatic heterocycles. The Labute approximate surface area is 164 Å². The van der Waals surface area contributed by atoms with Gasteiger partial charge in [-0.3, -0.25) is 0 Å². The van der Waals surface area contributed by atoms with Gasteiger partial charge < -0.3 is 15.2 Å². The van der Waals surface area contributed by atoms with Crippen LogP contribution in [0.25, 0.3) is 0 Å². The highest BCUT2D eigenvalue weighted by molar-refractivity contribution is 14.0. The summed E-state index contributed by atoms with van der Waals surface area (Å²) in [6.45, 7) is 4.06. The number of hydrogen-bond donors (Lipinski definition) is 2. The molecule has 0 fully saturated rings. The molecule has 6 nitrogen and oxygen atoms in total.